The number of aromatic nitrogens is 1. The number of hydrogen-bond acceptors (Lipinski definition) is 4. The second kappa shape index (κ2) is 8.60. The molecule has 1 saturated carbocycles. The Kier molecular flexibility index (Phi) is 5.68. The highest BCUT2D eigenvalue weighted by atomic mass is 16.3. The van der Waals surface area contributed by atoms with Crippen molar-refractivity contribution in [2.24, 2.45) is 11.8 Å². The maximum Gasteiger partial charge on any atom is 0.225 e. The van der Waals surface area contributed by atoms with Crippen LogP contribution in [0.2, 0.25) is 0 Å². The SMILES string of the molecule is CN(CCCc1cnc2occc2c1)CC[C@@]1(O)C[C@@H]2CC[C@H]1C=C2c1ccccc1. The first-order chi connectivity index (χ1) is 15.1. The highest BCUT2D eigenvalue weighted by Gasteiger charge is 2.46. The van der Waals surface area contributed by atoms with Crippen LogP contribution >= 0.6 is 0 Å². The molecular weight excluding hydrogens is 384 g/mol. The lowest BCUT2D eigenvalue weighted by Gasteiger charge is -2.48. The summed E-state index contributed by atoms with van der Waals surface area (Å²) in [7, 11) is 2.17. The molecule has 4 heteroatoms. The van der Waals surface area contributed by atoms with Gasteiger partial charge >= 0.3 is 0 Å². The molecule has 1 fully saturated rings. The molecule has 0 aliphatic heterocycles. The number of fused-ring (bicyclic) bond motifs is 3. The van der Waals surface area contributed by atoms with Gasteiger partial charge in [0.2, 0.25) is 5.71 Å². The lowest BCUT2D eigenvalue weighted by Crippen LogP contribution is -2.48. The second-order valence-corrected chi connectivity index (χ2v) is 9.49. The number of aliphatic hydroxyl groups is 1. The summed E-state index contributed by atoms with van der Waals surface area (Å²) in [4.78, 5) is 6.74. The standard InChI is InChI=1S/C27H32N2O2/c1-29(13-5-6-20-16-22-11-15-31-26(22)28-19-20)14-12-27(30)18-23-9-10-24(27)17-25(23)21-7-3-2-4-8-21/h2-4,7-8,11,15-17,19,23-24,30H,5-6,9-10,12-14,18H2,1H3/t23-,24-,27+/m0/s1. The van der Waals surface area contributed by atoms with Crippen LogP contribution in [0.3, 0.4) is 0 Å². The van der Waals surface area contributed by atoms with Gasteiger partial charge in [-0.1, -0.05) is 36.4 Å². The Hall–Kier alpha value is -2.43. The van der Waals surface area contributed by atoms with Crippen molar-refractivity contribution in [1.29, 1.82) is 0 Å². The molecule has 0 amide bonds. The first-order valence-corrected chi connectivity index (χ1v) is 11.6. The van der Waals surface area contributed by atoms with E-state index in [1.165, 1.54) is 23.1 Å². The summed E-state index contributed by atoms with van der Waals surface area (Å²) >= 11 is 0. The number of allylic oxidation sites excluding steroid dienone is 1. The molecule has 3 aliphatic rings. The summed E-state index contributed by atoms with van der Waals surface area (Å²) in [6.45, 7) is 1.96. The predicted octanol–water partition coefficient (Wildman–Crippen LogP) is 5.33. The maximum atomic E-state index is 11.5. The van der Waals surface area contributed by atoms with Crippen molar-refractivity contribution in [3.05, 3.63) is 72.1 Å². The van der Waals surface area contributed by atoms with Gasteiger partial charge in [0.05, 0.1) is 11.9 Å². The van der Waals surface area contributed by atoms with Crippen LogP contribution in [-0.4, -0.2) is 40.7 Å². The summed E-state index contributed by atoms with van der Waals surface area (Å²) in [6.07, 6.45) is 12.2. The number of nitrogens with zero attached hydrogens (tertiary/aromatic N) is 2. The fourth-order valence-electron chi connectivity index (χ4n) is 5.53. The van der Waals surface area contributed by atoms with Crippen LogP contribution in [0.4, 0.5) is 0 Å². The van der Waals surface area contributed by atoms with E-state index in [9.17, 15) is 5.11 Å². The van der Waals surface area contributed by atoms with Gasteiger partial charge in [-0.05, 0) is 86.9 Å². The van der Waals surface area contributed by atoms with Crippen LogP contribution < -0.4 is 0 Å². The van der Waals surface area contributed by atoms with Crippen LogP contribution in [0.5, 0.6) is 0 Å². The quantitative estimate of drug-likeness (QED) is 0.539. The van der Waals surface area contributed by atoms with E-state index in [1.807, 2.05) is 12.3 Å². The van der Waals surface area contributed by atoms with Gasteiger partial charge in [-0.25, -0.2) is 4.98 Å². The fraction of sp³-hybridized carbons (Fsp3) is 0.444. The first kappa shape index (κ1) is 20.5. The average molecular weight is 417 g/mol. The van der Waals surface area contributed by atoms with Crippen LogP contribution in [0.1, 0.15) is 43.2 Å². The normalized spacial score (nSPS) is 25.3. The Morgan fingerprint density at radius 3 is 2.84 bits per heavy atom. The lowest BCUT2D eigenvalue weighted by atomic mass is 9.61. The zero-order chi connectivity index (χ0) is 21.3. The number of rotatable bonds is 8. The van der Waals surface area contributed by atoms with Gasteiger partial charge in [-0.2, -0.15) is 0 Å². The summed E-state index contributed by atoms with van der Waals surface area (Å²) in [5, 5.41) is 12.5. The molecule has 2 bridgehead atoms. The van der Waals surface area contributed by atoms with Crippen LogP contribution in [0.25, 0.3) is 16.7 Å². The molecule has 3 aliphatic carbocycles. The second-order valence-electron chi connectivity index (χ2n) is 9.49. The zero-order valence-corrected chi connectivity index (χ0v) is 18.3. The largest absolute Gasteiger partial charge is 0.446 e. The summed E-state index contributed by atoms with van der Waals surface area (Å²) < 4.78 is 5.32. The third-order valence-corrected chi connectivity index (χ3v) is 7.34. The Morgan fingerprint density at radius 1 is 1.16 bits per heavy atom. The fourth-order valence-corrected chi connectivity index (χ4v) is 5.53. The third kappa shape index (κ3) is 4.32. The van der Waals surface area contributed by atoms with Crippen LogP contribution in [-0.2, 0) is 6.42 Å². The van der Waals surface area contributed by atoms with E-state index in [0.717, 1.165) is 50.6 Å². The van der Waals surface area contributed by atoms with E-state index in [1.54, 1.807) is 6.26 Å². The van der Waals surface area contributed by atoms with E-state index < -0.39 is 5.60 Å². The van der Waals surface area contributed by atoms with Crippen molar-refractivity contribution < 1.29 is 9.52 Å². The number of aryl methyl sites for hydroxylation is 1. The van der Waals surface area contributed by atoms with Crippen LogP contribution in [0.15, 0.2) is 65.4 Å². The van der Waals surface area contributed by atoms with E-state index in [-0.39, 0.29) is 5.92 Å². The highest BCUT2D eigenvalue weighted by molar-refractivity contribution is 5.73. The van der Waals surface area contributed by atoms with Gasteiger partial charge in [0.15, 0.2) is 0 Å². The Bertz CT molecular complexity index is 1060. The van der Waals surface area contributed by atoms with Crippen molar-refractivity contribution >= 4 is 16.7 Å². The van der Waals surface area contributed by atoms with E-state index in [4.69, 9.17) is 4.42 Å². The Balaban J connectivity index is 1.13. The highest BCUT2D eigenvalue weighted by Crippen LogP contribution is 2.51. The van der Waals surface area contributed by atoms with Crippen molar-refractivity contribution in [1.82, 2.24) is 9.88 Å². The van der Waals surface area contributed by atoms with Crippen LogP contribution in [0, 0.1) is 11.8 Å². The van der Waals surface area contributed by atoms with Gasteiger partial charge in [0.25, 0.3) is 0 Å². The molecule has 0 saturated heterocycles. The van der Waals surface area contributed by atoms with Gasteiger partial charge < -0.3 is 14.4 Å². The molecule has 0 spiro atoms. The minimum absolute atomic E-state index is 0.286. The molecule has 3 atom stereocenters. The lowest BCUT2D eigenvalue weighted by molar-refractivity contribution is -0.0574. The van der Waals surface area contributed by atoms with Crippen molar-refractivity contribution in [3.8, 4) is 0 Å². The molecule has 162 valence electrons. The molecule has 2 heterocycles. The number of furan rings is 1. The number of hydrogen-bond donors (Lipinski definition) is 1. The monoisotopic (exact) mass is 416 g/mol. The van der Waals surface area contributed by atoms with E-state index in [0.29, 0.717) is 11.6 Å². The molecule has 31 heavy (non-hydrogen) atoms. The van der Waals surface area contributed by atoms with Gasteiger partial charge in [0, 0.05) is 24.0 Å². The summed E-state index contributed by atoms with van der Waals surface area (Å²) in [6, 6.07) is 14.9. The van der Waals surface area contributed by atoms with Gasteiger partial charge in [0.1, 0.15) is 0 Å². The molecule has 6 rings (SSSR count). The average Bonchev–Trinajstić information content (AvgIpc) is 3.27. The van der Waals surface area contributed by atoms with Crippen molar-refractivity contribution in [2.45, 2.75) is 44.1 Å². The minimum atomic E-state index is -0.550. The molecule has 1 N–H and O–H groups in total. The van der Waals surface area contributed by atoms with E-state index in [2.05, 4.69) is 59.4 Å². The molecule has 1 aromatic carbocycles. The molecule has 0 unspecified atom stereocenters. The molecule has 4 nitrogen and oxygen atoms in total. The first-order valence-electron chi connectivity index (χ1n) is 11.6. The maximum absolute atomic E-state index is 11.5. The van der Waals surface area contributed by atoms with Gasteiger partial charge in [-0.15, -0.1) is 0 Å². The minimum Gasteiger partial charge on any atom is -0.446 e. The van der Waals surface area contributed by atoms with Crippen molar-refractivity contribution in [2.75, 3.05) is 20.1 Å². The molecular formula is C27H32N2O2. The Morgan fingerprint density at radius 2 is 2.03 bits per heavy atom. The van der Waals surface area contributed by atoms with Crippen molar-refractivity contribution in [3.63, 3.8) is 0 Å². The summed E-state index contributed by atoms with van der Waals surface area (Å²) in [5.41, 5.74) is 4.20. The molecule has 2 aromatic heterocycles. The van der Waals surface area contributed by atoms with E-state index >= 15 is 0 Å². The topological polar surface area (TPSA) is 49.5 Å². The number of pyridine rings is 1. The number of benzene rings is 1. The Labute approximate surface area is 184 Å². The smallest absolute Gasteiger partial charge is 0.225 e. The molecule has 0 radical (unpaired) electrons. The third-order valence-electron chi connectivity index (χ3n) is 7.34. The predicted molar refractivity (Wildman–Crippen MR) is 125 cm³/mol. The summed E-state index contributed by atoms with van der Waals surface area (Å²) in [5.74, 6) is 0.780. The zero-order valence-electron chi connectivity index (χ0n) is 18.3. The molecule has 3 aromatic rings. The van der Waals surface area contributed by atoms with Gasteiger partial charge in [-0.3, -0.25) is 0 Å².